The molecule has 0 bridgehead atoms. The second-order valence-corrected chi connectivity index (χ2v) is 2.60. The molecule has 3 heteroatoms. The Bertz CT molecular complexity index is 407. The molecule has 0 saturated heterocycles. The van der Waals surface area contributed by atoms with E-state index in [-0.39, 0.29) is 0 Å². The van der Waals surface area contributed by atoms with Crippen molar-refractivity contribution in [1.82, 2.24) is 4.98 Å². The average Bonchev–Trinajstić information content (AvgIpc) is 2.71. The average molecular weight is 173 g/mol. The maximum atomic E-state index is 10.5. The molecular weight excluding hydrogens is 166 g/mol. The van der Waals surface area contributed by atoms with Crippen LogP contribution in [0.1, 0.15) is 10.4 Å². The van der Waals surface area contributed by atoms with Gasteiger partial charge in [-0.1, -0.05) is 0 Å². The number of rotatable bonds is 2. The van der Waals surface area contributed by atoms with Gasteiger partial charge < -0.3 is 4.42 Å². The predicted octanol–water partition coefficient (Wildman–Crippen LogP) is 2.15. The minimum Gasteiger partial charge on any atom is -0.464 e. The van der Waals surface area contributed by atoms with Crippen LogP contribution in [0.15, 0.2) is 41.3 Å². The van der Waals surface area contributed by atoms with Crippen molar-refractivity contribution < 1.29 is 9.21 Å². The van der Waals surface area contributed by atoms with Crippen molar-refractivity contribution in [2.24, 2.45) is 0 Å². The standard InChI is InChI=1S/C10H7NO2/c12-7-8-4-9(6-11-5-8)10-2-1-3-13-10/h1-7H. The fraction of sp³-hybridized carbons (Fsp3) is 0. The van der Waals surface area contributed by atoms with Gasteiger partial charge in [-0.2, -0.15) is 0 Å². The smallest absolute Gasteiger partial charge is 0.151 e. The summed E-state index contributed by atoms with van der Waals surface area (Å²) in [5.41, 5.74) is 1.36. The Labute approximate surface area is 75.0 Å². The molecule has 2 aromatic heterocycles. The number of carbonyl (C=O) groups is 1. The third-order valence-corrected chi connectivity index (χ3v) is 1.70. The number of hydrogen-bond acceptors (Lipinski definition) is 3. The summed E-state index contributed by atoms with van der Waals surface area (Å²) in [6, 6.07) is 5.35. The summed E-state index contributed by atoms with van der Waals surface area (Å²) in [7, 11) is 0. The molecule has 0 aliphatic carbocycles. The maximum absolute atomic E-state index is 10.5. The molecule has 0 atom stereocenters. The van der Waals surface area contributed by atoms with Crippen LogP contribution in [0.4, 0.5) is 0 Å². The van der Waals surface area contributed by atoms with Gasteiger partial charge >= 0.3 is 0 Å². The third-order valence-electron chi connectivity index (χ3n) is 1.70. The molecule has 0 fully saturated rings. The molecule has 0 radical (unpaired) electrons. The zero-order chi connectivity index (χ0) is 9.10. The van der Waals surface area contributed by atoms with E-state index in [1.165, 1.54) is 6.20 Å². The van der Waals surface area contributed by atoms with Gasteiger partial charge in [-0.05, 0) is 18.2 Å². The highest BCUT2D eigenvalue weighted by Gasteiger charge is 2.00. The highest BCUT2D eigenvalue weighted by atomic mass is 16.3. The number of pyridine rings is 1. The summed E-state index contributed by atoms with van der Waals surface area (Å²) in [6.45, 7) is 0. The van der Waals surface area contributed by atoms with Gasteiger partial charge in [0.25, 0.3) is 0 Å². The highest BCUT2D eigenvalue weighted by Crippen LogP contribution is 2.18. The molecule has 0 spiro atoms. The van der Waals surface area contributed by atoms with Gasteiger partial charge in [0.1, 0.15) is 5.76 Å². The van der Waals surface area contributed by atoms with Crippen molar-refractivity contribution in [3.63, 3.8) is 0 Å². The molecule has 0 saturated carbocycles. The third kappa shape index (κ3) is 1.49. The van der Waals surface area contributed by atoms with Gasteiger partial charge in [0.05, 0.1) is 6.26 Å². The van der Waals surface area contributed by atoms with Gasteiger partial charge in [0.15, 0.2) is 6.29 Å². The Balaban J connectivity index is 2.47. The number of hydrogen-bond donors (Lipinski definition) is 0. The van der Waals surface area contributed by atoms with Crippen LogP contribution < -0.4 is 0 Å². The van der Waals surface area contributed by atoms with Crippen LogP contribution in [0.5, 0.6) is 0 Å². The van der Waals surface area contributed by atoms with Crippen molar-refractivity contribution in [1.29, 1.82) is 0 Å². The van der Waals surface area contributed by atoms with Crippen molar-refractivity contribution in [2.45, 2.75) is 0 Å². The topological polar surface area (TPSA) is 43.1 Å². The van der Waals surface area contributed by atoms with E-state index in [9.17, 15) is 4.79 Å². The summed E-state index contributed by atoms with van der Waals surface area (Å²) in [5, 5.41) is 0. The number of carbonyl (C=O) groups excluding carboxylic acids is 1. The van der Waals surface area contributed by atoms with E-state index in [4.69, 9.17) is 4.42 Å². The lowest BCUT2D eigenvalue weighted by Crippen LogP contribution is -1.83. The summed E-state index contributed by atoms with van der Waals surface area (Å²) < 4.78 is 5.16. The van der Waals surface area contributed by atoms with Gasteiger partial charge in [-0.3, -0.25) is 9.78 Å². The molecule has 0 unspecified atom stereocenters. The molecule has 2 aromatic rings. The van der Waals surface area contributed by atoms with Gasteiger partial charge in [-0.15, -0.1) is 0 Å². The summed E-state index contributed by atoms with van der Waals surface area (Å²) >= 11 is 0. The van der Waals surface area contributed by atoms with E-state index >= 15 is 0 Å². The van der Waals surface area contributed by atoms with Crippen LogP contribution in [-0.2, 0) is 0 Å². The molecule has 0 aromatic carbocycles. The van der Waals surface area contributed by atoms with Crippen LogP contribution in [0.3, 0.4) is 0 Å². The summed E-state index contributed by atoms with van der Waals surface area (Å²) in [4.78, 5) is 14.4. The molecule has 13 heavy (non-hydrogen) atoms. The van der Waals surface area contributed by atoms with Crippen molar-refractivity contribution >= 4 is 6.29 Å². The molecule has 0 amide bonds. The minimum atomic E-state index is 0.550. The Kier molecular flexibility index (Phi) is 1.92. The first kappa shape index (κ1) is 7.73. The predicted molar refractivity (Wildman–Crippen MR) is 47.3 cm³/mol. The number of aromatic nitrogens is 1. The zero-order valence-corrected chi connectivity index (χ0v) is 6.81. The second kappa shape index (κ2) is 3.23. The Hall–Kier alpha value is -1.90. The molecule has 2 rings (SSSR count). The Morgan fingerprint density at radius 2 is 2.31 bits per heavy atom. The zero-order valence-electron chi connectivity index (χ0n) is 6.81. The van der Waals surface area contributed by atoms with Crippen LogP contribution >= 0.6 is 0 Å². The maximum Gasteiger partial charge on any atom is 0.151 e. The normalized spacial score (nSPS) is 9.85. The minimum absolute atomic E-state index is 0.550. The lowest BCUT2D eigenvalue weighted by molar-refractivity contribution is 0.112. The van der Waals surface area contributed by atoms with E-state index < -0.39 is 0 Å². The monoisotopic (exact) mass is 173 g/mol. The van der Waals surface area contributed by atoms with Crippen molar-refractivity contribution in [3.8, 4) is 11.3 Å². The lowest BCUT2D eigenvalue weighted by atomic mass is 10.2. The summed E-state index contributed by atoms with van der Waals surface area (Å²) in [5.74, 6) is 0.719. The van der Waals surface area contributed by atoms with E-state index in [1.807, 2.05) is 6.07 Å². The Morgan fingerprint density at radius 3 is 3.00 bits per heavy atom. The van der Waals surface area contributed by atoms with Crippen LogP contribution in [0.2, 0.25) is 0 Å². The van der Waals surface area contributed by atoms with Crippen molar-refractivity contribution in [2.75, 3.05) is 0 Å². The quantitative estimate of drug-likeness (QED) is 0.653. The second-order valence-electron chi connectivity index (χ2n) is 2.60. The highest BCUT2D eigenvalue weighted by molar-refractivity contribution is 5.76. The molecular formula is C10H7NO2. The first-order chi connectivity index (χ1) is 6.40. The van der Waals surface area contributed by atoms with Gasteiger partial charge in [-0.25, -0.2) is 0 Å². The molecule has 64 valence electrons. The number of aldehydes is 1. The first-order valence-electron chi connectivity index (χ1n) is 3.84. The molecule has 0 N–H and O–H groups in total. The van der Waals surface area contributed by atoms with Crippen LogP contribution in [0, 0.1) is 0 Å². The largest absolute Gasteiger partial charge is 0.464 e. The lowest BCUT2D eigenvalue weighted by Gasteiger charge is -1.95. The van der Waals surface area contributed by atoms with Crippen molar-refractivity contribution in [3.05, 3.63) is 42.4 Å². The van der Waals surface area contributed by atoms with E-state index in [0.717, 1.165) is 17.6 Å². The van der Waals surface area contributed by atoms with Gasteiger partial charge in [0, 0.05) is 23.5 Å². The molecule has 3 nitrogen and oxygen atoms in total. The number of furan rings is 1. The van der Waals surface area contributed by atoms with Crippen LogP contribution in [-0.4, -0.2) is 11.3 Å². The molecule has 0 aliphatic rings. The molecule has 0 aliphatic heterocycles. The van der Waals surface area contributed by atoms with E-state index in [0.29, 0.717) is 5.56 Å². The summed E-state index contributed by atoms with van der Waals surface area (Å²) in [6.07, 6.45) is 5.52. The fourth-order valence-corrected chi connectivity index (χ4v) is 1.10. The van der Waals surface area contributed by atoms with E-state index in [2.05, 4.69) is 4.98 Å². The Morgan fingerprint density at radius 1 is 1.38 bits per heavy atom. The first-order valence-corrected chi connectivity index (χ1v) is 3.84. The van der Waals surface area contributed by atoms with E-state index in [1.54, 1.807) is 24.6 Å². The van der Waals surface area contributed by atoms with Gasteiger partial charge in [0.2, 0.25) is 0 Å². The van der Waals surface area contributed by atoms with Crippen LogP contribution in [0.25, 0.3) is 11.3 Å². The number of nitrogens with zero attached hydrogens (tertiary/aromatic N) is 1. The molecule has 2 heterocycles. The SMILES string of the molecule is O=Cc1cncc(-c2ccco2)c1. The fourth-order valence-electron chi connectivity index (χ4n) is 1.10.